The van der Waals surface area contributed by atoms with Crippen molar-refractivity contribution in [3.8, 4) is 29.1 Å². The van der Waals surface area contributed by atoms with E-state index < -0.39 is 5.41 Å². The van der Waals surface area contributed by atoms with E-state index in [0.29, 0.717) is 55.4 Å². The summed E-state index contributed by atoms with van der Waals surface area (Å²) in [6, 6.07) is 14.0. The molecule has 2 aromatic rings. The van der Waals surface area contributed by atoms with Crippen LogP contribution in [0.4, 0.5) is 0 Å². The Morgan fingerprint density at radius 2 is 1.49 bits per heavy atom. The standard InChI is InChI=1S/C28H38N2O5/c1-20(2)28(19-29,23-10-12-25(33-5)27(18-23)35-7)14-8-15-30(21(3)31)16-13-22-9-11-24(32-4)26(17-22)34-6/h9-12,17-18,20H,8,13-16H2,1-7H3. The van der Waals surface area contributed by atoms with E-state index in [9.17, 15) is 10.1 Å². The van der Waals surface area contributed by atoms with Gasteiger partial charge < -0.3 is 23.8 Å². The van der Waals surface area contributed by atoms with Crippen molar-refractivity contribution in [2.24, 2.45) is 5.92 Å². The van der Waals surface area contributed by atoms with E-state index in [0.717, 1.165) is 11.1 Å². The number of hydrogen-bond donors (Lipinski definition) is 0. The van der Waals surface area contributed by atoms with E-state index in [1.54, 1.807) is 35.4 Å². The SMILES string of the molecule is COc1ccc(CCN(CCCC(C#N)(c2ccc(OC)c(OC)c2)C(C)C)C(C)=O)cc1OC. The van der Waals surface area contributed by atoms with E-state index in [4.69, 9.17) is 18.9 Å². The Hall–Kier alpha value is -3.40. The van der Waals surface area contributed by atoms with Crippen LogP contribution in [0.3, 0.4) is 0 Å². The van der Waals surface area contributed by atoms with Gasteiger partial charge in [0.1, 0.15) is 0 Å². The highest BCUT2D eigenvalue weighted by atomic mass is 16.5. The lowest BCUT2D eigenvalue weighted by Gasteiger charge is -2.33. The molecule has 35 heavy (non-hydrogen) atoms. The molecule has 0 aliphatic heterocycles. The van der Waals surface area contributed by atoms with E-state index in [1.165, 1.54) is 0 Å². The third-order valence-corrected chi connectivity index (χ3v) is 6.65. The van der Waals surface area contributed by atoms with Crippen molar-refractivity contribution in [1.82, 2.24) is 4.90 Å². The molecule has 2 rings (SSSR count). The van der Waals surface area contributed by atoms with Crippen molar-refractivity contribution in [2.45, 2.75) is 45.4 Å². The molecule has 190 valence electrons. The summed E-state index contributed by atoms with van der Waals surface area (Å²) in [4.78, 5) is 14.2. The number of carbonyl (C=O) groups excluding carboxylic acids is 1. The molecule has 0 aliphatic rings. The van der Waals surface area contributed by atoms with Crippen LogP contribution in [-0.4, -0.2) is 52.3 Å². The smallest absolute Gasteiger partial charge is 0.219 e. The molecule has 0 fully saturated rings. The van der Waals surface area contributed by atoms with Crippen LogP contribution in [0, 0.1) is 17.2 Å². The number of nitrogens with zero attached hydrogens (tertiary/aromatic N) is 2. The molecule has 1 amide bonds. The maximum absolute atomic E-state index is 12.4. The van der Waals surface area contributed by atoms with E-state index in [-0.39, 0.29) is 11.8 Å². The first kappa shape index (κ1) is 27.8. The Morgan fingerprint density at radius 3 is 2.00 bits per heavy atom. The Kier molecular flexibility index (Phi) is 10.3. The summed E-state index contributed by atoms with van der Waals surface area (Å²) in [5.41, 5.74) is 1.26. The molecule has 0 radical (unpaired) electrons. The Labute approximate surface area is 209 Å². The van der Waals surface area contributed by atoms with Crippen LogP contribution in [0.5, 0.6) is 23.0 Å². The summed E-state index contributed by atoms with van der Waals surface area (Å²) in [6.45, 7) is 6.86. The number of methoxy groups -OCH3 is 4. The summed E-state index contributed by atoms with van der Waals surface area (Å²) in [7, 11) is 6.40. The highest BCUT2D eigenvalue weighted by molar-refractivity contribution is 5.73. The van der Waals surface area contributed by atoms with Crippen LogP contribution >= 0.6 is 0 Å². The first-order valence-electron chi connectivity index (χ1n) is 11.9. The number of carbonyl (C=O) groups is 1. The third kappa shape index (κ3) is 6.60. The molecule has 1 unspecified atom stereocenters. The second-order valence-corrected chi connectivity index (χ2v) is 8.86. The summed E-state index contributed by atoms with van der Waals surface area (Å²) in [6.07, 6.45) is 2.02. The van der Waals surface area contributed by atoms with E-state index in [2.05, 4.69) is 19.9 Å². The van der Waals surface area contributed by atoms with Crippen molar-refractivity contribution in [3.63, 3.8) is 0 Å². The number of ether oxygens (including phenoxy) is 4. The maximum Gasteiger partial charge on any atom is 0.219 e. The lowest BCUT2D eigenvalue weighted by atomic mass is 9.69. The molecule has 0 saturated carbocycles. The van der Waals surface area contributed by atoms with Gasteiger partial charge in [-0.15, -0.1) is 0 Å². The zero-order valence-corrected chi connectivity index (χ0v) is 22.0. The second kappa shape index (κ2) is 12.9. The molecule has 1 atom stereocenters. The van der Waals surface area contributed by atoms with Gasteiger partial charge in [0.15, 0.2) is 23.0 Å². The highest BCUT2D eigenvalue weighted by Gasteiger charge is 2.36. The van der Waals surface area contributed by atoms with Crippen LogP contribution in [0.1, 0.15) is 44.7 Å². The van der Waals surface area contributed by atoms with Gasteiger partial charge in [0, 0.05) is 20.0 Å². The van der Waals surface area contributed by atoms with Gasteiger partial charge in [0.25, 0.3) is 0 Å². The molecule has 0 spiro atoms. The summed E-state index contributed by atoms with van der Waals surface area (Å²) >= 11 is 0. The molecule has 0 aliphatic carbocycles. The molecule has 7 heteroatoms. The summed E-state index contributed by atoms with van der Waals surface area (Å²) < 4.78 is 21.5. The Balaban J connectivity index is 2.13. The van der Waals surface area contributed by atoms with Gasteiger partial charge in [-0.1, -0.05) is 26.0 Å². The Bertz CT molecular complexity index is 1030. The second-order valence-electron chi connectivity index (χ2n) is 8.86. The van der Waals surface area contributed by atoms with Crippen LogP contribution in [-0.2, 0) is 16.6 Å². The number of benzene rings is 2. The highest BCUT2D eigenvalue weighted by Crippen LogP contribution is 2.40. The molecular weight excluding hydrogens is 444 g/mol. The molecule has 7 nitrogen and oxygen atoms in total. The number of rotatable bonds is 13. The van der Waals surface area contributed by atoms with Gasteiger partial charge >= 0.3 is 0 Å². The predicted octanol–water partition coefficient (Wildman–Crippen LogP) is 5.01. The largest absolute Gasteiger partial charge is 0.493 e. The van der Waals surface area contributed by atoms with Gasteiger partial charge in [-0.2, -0.15) is 5.26 Å². The van der Waals surface area contributed by atoms with Gasteiger partial charge in [0.2, 0.25) is 5.91 Å². The van der Waals surface area contributed by atoms with Crippen molar-refractivity contribution in [1.29, 1.82) is 5.26 Å². The zero-order chi connectivity index (χ0) is 26.0. The topological polar surface area (TPSA) is 81.0 Å². The minimum atomic E-state index is -0.703. The minimum Gasteiger partial charge on any atom is -0.493 e. The van der Waals surface area contributed by atoms with Crippen molar-refractivity contribution >= 4 is 5.91 Å². The summed E-state index contributed by atoms with van der Waals surface area (Å²) in [5, 5.41) is 10.3. The lowest BCUT2D eigenvalue weighted by molar-refractivity contribution is -0.128. The maximum atomic E-state index is 12.4. The third-order valence-electron chi connectivity index (χ3n) is 6.65. The van der Waals surface area contributed by atoms with Crippen LogP contribution in [0.15, 0.2) is 36.4 Å². The molecule has 0 heterocycles. The van der Waals surface area contributed by atoms with Crippen LogP contribution in [0.2, 0.25) is 0 Å². The van der Waals surface area contributed by atoms with Crippen LogP contribution in [0.25, 0.3) is 0 Å². The average molecular weight is 483 g/mol. The van der Waals surface area contributed by atoms with Gasteiger partial charge in [-0.25, -0.2) is 0 Å². The minimum absolute atomic E-state index is 0.0173. The fourth-order valence-corrected chi connectivity index (χ4v) is 4.41. The van der Waals surface area contributed by atoms with Crippen molar-refractivity contribution in [2.75, 3.05) is 41.5 Å². The van der Waals surface area contributed by atoms with Gasteiger partial charge in [-0.05, 0) is 60.6 Å². The molecule has 0 aromatic heterocycles. The van der Waals surface area contributed by atoms with E-state index >= 15 is 0 Å². The summed E-state index contributed by atoms with van der Waals surface area (Å²) in [5.74, 6) is 2.67. The number of nitriles is 1. The molecule has 0 saturated heterocycles. The van der Waals surface area contributed by atoms with Gasteiger partial charge in [0.05, 0.1) is 39.9 Å². The monoisotopic (exact) mass is 482 g/mol. The van der Waals surface area contributed by atoms with Gasteiger partial charge in [-0.3, -0.25) is 4.79 Å². The number of hydrogen-bond acceptors (Lipinski definition) is 6. The molecule has 2 aromatic carbocycles. The predicted molar refractivity (Wildman–Crippen MR) is 136 cm³/mol. The molecule has 0 N–H and O–H groups in total. The quantitative estimate of drug-likeness (QED) is 0.399. The normalized spacial score (nSPS) is 12.4. The lowest BCUT2D eigenvalue weighted by Crippen LogP contribution is -2.35. The average Bonchev–Trinajstić information content (AvgIpc) is 2.87. The zero-order valence-electron chi connectivity index (χ0n) is 22.0. The Morgan fingerprint density at radius 1 is 0.914 bits per heavy atom. The first-order chi connectivity index (χ1) is 16.8. The van der Waals surface area contributed by atoms with Crippen molar-refractivity contribution < 1.29 is 23.7 Å². The van der Waals surface area contributed by atoms with Crippen LogP contribution < -0.4 is 18.9 Å². The van der Waals surface area contributed by atoms with Crippen molar-refractivity contribution in [3.05, 3.63) is 47.5 Å². The molecule has 0 bridgehead atoms. The fraction of sp³-hybridized carbons (Fsp3) is 0.500. The van der Waals surface area contributed by atoms with E-state index in [1.807, 2.05) is 41.3 Å². The first-order valence-corrected chi connectivity index (χ1v) is 11.9. The number of amides is 1. The fourth-order valence-electron chi connectivity index (χ4n) is 4.41. The molecular formula is C28H38N2O5.